The summed E-state index contributed by atoms with van der Waals surface area (Å²) in [5.74, 6) is 2.11. The van der Waals surface area contributed by atoms with Crippen LogP contribution in [0.5, 0.6) is 0 Å². The summed E-state index contributed by atoms with van der Waals surface area (Å²) >= 11 is 1.99. The summed E-state index contributed by atoms with van der Waals surface area (Å²) in [4.78, 5) is 4.07. The Morgan fingerprint density at radius 3 is 2.55 bits per heavy atom. The largest absolute Gasteiger partial charge is 0.302 e. The van der Waals surface area contributed by atoms with Gasteiger partial charge in [0, 0.05) is 17.2 Å². The molecular formula is C18H29NS. The van der Waals surface area contributed by atoms with Gasteiger partial charge in [-0.3, -0.25) is 0 Å². The Bertz CT molecular complexity index is 382. The molecule has 1 saturated heterocycles. The molecule has 1 nitrogen and oxygen atoms in total. The summed E-state index contributed by atoms with van der Waals surface area (Å²) in [6, 6.07) is 10.8. The Kier molecular flexibility index (Phi) is 5.98. The molecule has 1 aromatic carbocycles. The van der Waals surface area contributed by atoms with E-state index in [-0.39, 0.29) is 0 Å². The summed E-state index contributed by atoms with van der Waals surface area (Å²) in [5, 5.41) is 0. The summed E-state index contributed by atoms with van der Waals surface area (Å²) in [7, 11) is 0. The number of thioether (sulfide) groups is 1. The summed E-state index contributed by atoms with van der Waals surface area (Å²) < 4.78 is 0. The first-order valence-electron chi connectivity index (χ1n) is 7.96. The van der Waals surface area contributed by atoms with Gasteiger partial charge in [-0.05, 0) is 55.8 Å². The number of benzene rings is 1. The van der Waals surface area contributed by atoms with E-state index in [0.717, 1.165) is 5.92 Å². The first-order chi connectivity index (χ1) is 9.55. The minimum Gasteiger partial charge on any atom is -0.302 e. The van der Waals surface area contributed by atoms with Gasteiger partial charge >= 0.3 is 0 Å². The van der Waals surface area contributed by atoms with Crippen molar-refractivity contribution in [2.45, 2.75) is 44.9 Å². The SMILES string of the molecule is CC(C)(C)C1CCCN(CCSc2ccccc2)CC1. The van der Waals surface area contributed by atoms with E-state index in [9.17, 15) is 0 Å². The first kappa shape index (κ1) is 15.9. The minimum absolute atomic E-state index is 0.481. The Morgan fingerprint density at radius 1 is 1.10 bits per heavy atom. The molecule has 112 valence electrons. The third-order valence-corrected chi connectivity index (χ3v) is 5.46. The highest BCUT2D eigenvalue weighted by Gasteiger charge is 2.26. The van der Waals surface area contributed by atoms with Crippen LogP contribution in [-0.2, 0) is 0 Å². The molecule has 1 atom stereocenters. The second kappa shape index (κ2) is 7.51. The molecule has 0 spiro atoms. The average molecular weight is 292 g/mol. The smallest absolute Gasteiger partial charge is 0.0108 e. The molecule has 1 fully saturated rings. The maximum atomic E-state index is 2.67. The Balaban J connectivity index is 1.72. The first-order valence-corrected chi connectivity index (χ1v) is 8.94. The van der Waals surface area contributed by atoms with Crippen LogP contribution in [0.25, 0.3) is 0 Å². The highest BCUT2D eigenvalue weighted by atomic mass is 32.2. The fourth-order valence-corrected chi connectivity index (χ4v) is 3.99. The highest BCUT2D eigenvalue weighted by Crippen LogP contribution is 2.34. The van der Waals surface area contributed by atoms with Crippen molar-refractivity contribution in [1.29, 1.82) is 0 Å². The number of nitrogens with zero attached hydrogens (tertiary/aromatic N) is 1. The zero-order valence-electron chi connectivity index (χ0n) is 13.3. The lowest BCUT2D eigenvalue weighted by molar-refractivity contribution is 0.210. The normalized spacial score (nSPS) is 21.6. The summed E-state index contributed by atoms with van der Waals surface area (Å²) in [6.07, 6.45) is 4.16. The van der Waals surface area contributed by atoms with Gasteiger partial charge < -0.3 is 4.90 Å². The zero-order valence-corrected chi connectivity index (χ0v) is 14.1. The van der Waals surface area contributed by atoms with Gasteiger partial charge in [-0.25, -0.2) is 0 Å². The second-order valence-corrected chi connectivity index (χ2v) is 8.17. The lowest BCUT2D eigenvalue weighted by Crippen LogP contribution is -2.28. The quantitative estimate of drug-likeness (QED) is 0.724. The van der Waals surface area contributed by atoms with E-state index in [2.05, 4.69) is 56.0 Å². The van der Waals surface area contributed by atoms with E-state index < -0.39 is 0 Å². The predicted molar refractivity (Wildman–Crippen MR) is 90.4 cm³/mol. The van der Waals surface area contributed by atoms with Crippen molar-refractivity contribution >= 4 is 11.8 Å². The number of hydrogen-bond donors (Lipinski definition) is 0. The Hall–Kier alpha value is -0.470. The van der Waals surface area contributed by atoms with Crippen LogP contribution in [-0.4, -0.2) is 30.3 Å². The van der Waals surface area contributed by atoms with E-state index in [4.69, 9.17) is 0 Å². The standard InChI is InChI=1S/C18H29NS/c1-18(2,3)16-8-7-12-19(13-11-16)14-15-20-17-9-5-4-6-10-17/h4-6,9-10,16H,7-8,11-15H2,1-3H3. The predicted octanol–water partition coefficient (Wildman–Crippen LogP) is 4.93. The van der Waals surface area contributed by atoms with Gasteiger partial charge in [0.05, 0.1) is 0 Å². The van der Waals surface area contributed by atoms with Crippen molar-refractivity contribution in [1.82, 2.24) is 4.90 Å². The molecule has 2 rings (SSSR count). The maximum absolute atomic E-state index is 2.67. The second-order valence-electron chi connectivity index (χ2n) is 7.00. The number of likely N-dealkylation sites (tertiary alicyclic amines) is 1. The van der Waals surface area contributed by atoms with Gasteiger partial charge in [-0.1, -0.05) is 39.0 Å². The molecule has 2 heteroatoms. The van der Waals surface area contributed by atoms with Crippen molar-refractivity contribution in [2.24, 2.45) is 11.3 Å². The molecule has 1 aliphatic rings. The maximum Gasteiger partial charge on any atom is 0.0108 e. The van der Waals surface area contributed by atoms with Crippen molar-refractivity contribution in [3.05, 3.63) is 30.3 Å². The fraction of sp³-hybridized carbons (Fsp3) is 0.667. The number of rotatable bonds is 4. The average Bonchev–Trinajstić information content (AvgIpc) is 2.65. The minimum atomic E-state index is 0.481. The van der Waals surface area contributed by atoms with Crippen LogP contribution in [0.3, 0.4) is 0 Å². The third kappa shape index (κ3) is 5.14. The van der Waals surface area contributed by atoms with Gasteiger partial charge in [0.25, 0.3) is 0 Å². The Morgan fingerprint density at radius 2 is 1.85 bits per heavy atom. The molecule has 0 saturated carbocycles. The zero-order chi connectivity index (χ0) is 14.4. The molecule has 0 aliphatic carbocycles. The molecule has 0 bridgehead atoms. The topological polar surface area (TPSA) is 3.24 Å². The van der Waals surface area contributed by atoms with Crippen LogP contribution in [0.2, 0.25) is 0 Å². The van der Waals surface area contributed by atoms with Gasteiger partial charge in [-0.2, -0.15) is 0 Å². The van der Waals surface area contributed by atoms with Gasteiger partial charge in [0.2, 0.25) is 0 Å². The van der Waals surface area contributed by atoms with E-state index in [1.54, 1.807) is 0 Å². The fourth-order valence-electron chi connectivity index (χ4n) is 3.05. The highest BCUT2D eigenvalue weighted by molar-refractivity contribution is 7.99. The van der Waals surface area contributed by atoms with Crippen molar-refractivity contribution in [2.75, 3.05) is 25.4 Å². The monoisotopic (exact) mass is 291 g/mol. The third-order valence-electron chi connectivity index (χ3n) is 4.46. The van der Waals surface area contributed by atoms with Crippen molar-refractivity contribution < 1.29 is 0 Å². The van der Waals surface area contributed by atoms with Crippen molar-refractivity contribution in [3.8, 4) is 0 Å². The van der Waals surface area contributed by atoms with Crippen LogP contribution in [0.4, 0.5) is 0 Å². The van der Waals surface area contributed by atoms with Crippen LogP contribution in [0.15, 0.2) is 35.2 Å². The molecule has 1 aromatic rings. The van der Waals surface area contributed by atoms with Crippen LogP contribution in [0, 0.1) is 11.3 Å². The van der Waals surface area contributed by atoms with Crippen LogP contribution in [0.1, 0.15) is 40.0 Å². The molecule has 1 heterocycles. The van der Waals surface area contributed by atoms with Gasteiger partial charge in [0.15, 0.2) is 0 Å². The molecule has 20 heavy (non-hydrogen) atoms. The van der Waals surface area contributed by atoms with E-state index in [1.807, 2.05) is 11.8 Å². The van der Waals surface area contributed by atoms with E-state index in [0.29, 0.717) is 5.41 Å². The number of hydrogen-bond acceptors (Lipinski definition) is 2. The summed E-state index contributed by atoms with van der Waals surface area (Å²) in [5.41, 5.74) is 0.481. The molecule has 1 unspecified atom stereocenters. The molecule has 1 aliphatic heterocycles. The lowest BCUT2D eigenvalue weighted by atomic mass is 9.77. The lowest BCUT2D eigenvalue weighted by Gasteiger charge is -2.29. The van der Waals surface area contributed by atoms with Gasteiger partial charge in [0.1, 0.15) is 0 Å². The molecule has 0 amide bonds. The van der Waals surface area contributed by atoms with E-state index >= 15 is 0 Å². The van der Waals surface area contributed by atoms with E-state index in [1.165, 1.54) is 49.5 Å². The molecule has 0 aromatic heterocycles. The summed E-state index contributed by atoms with van der Waals surface area (Å²) in [6.45, 7) is 11.0. The van der Waals surface area contributed by atoms with Crippen LogP contribution < -0.4 is 0 Å². The molecular weight excluding hydrogens is 262 g/mol. The van der Waals surface area contributed by atoms with Gasteiger partial charge in [-0.15, -0.1) is 11.8 Å². The molecule has 0 radical (unpaired) electrons. The Labute approximate surface area is 129 Å². The van der Waals surface area contributed by atoms with Crippen molar-refractivity contribution in [3.63, 3.8) is 0 Å². The van der Waals surface area contributed by atoms with Crippen LogP contribution >= 0.6 is 11.8 Å². The molecule has 0 N–H and O–H groups in total.